The average Bonchev–Trinajstić information content (AvgIpc) is 2.29. The van der Waals surface area contributed by atoms with Gasteiger partial charge in [-0.3, -0.25) is 4.79 Å². The number of Topliss-reactive ketones (excluding diaryl/α,β-unsaturated/α-hetero) is 1. The van der Waals surface area contributed by atoms with E-state index in [9.17, 15) is 9.90 Å². The highest BCUT2D eigenvalue weighted by Gasteiger charge is 2.33. The molecular weight excluding hydrogens is 200 g/mol. The van der Waals surface area contributed by atoms with Gasteiger partial charge in [0.25, 0.3) is 0 Å². The van der Waals surface area contributed by atoms with Gasteiger partial charge in [-0.05, 0) is 24.8 Å². The number of allylic oxidation sites excluding steroid dienone is 1. The largest absolute Gasteiger partial charge is 0.388 e. The lowest BCUT2D eigenvalue weighted by Gasteiger charge is -2.30. The van der Waals surface area contributed by atoms with Crippen molar-refractivity contribution < 1.29 is 9.90 Å². The molecule has 0 saturated carbocycles. The van der Waals surface area contributed by atoms with Gasteiger partial charge >= 0.3 is 0 Å². The van der Waals surface area contributed by atoms with Crippen molar-refractivity contribution in [2.75, 3.05) is 0 Å². The van der Waals surface area contributed by atoms with E-state index in [1.54, 1.807) is 13.0 Å². The van der Waals surface area contributed by atoms with Crippen LogP contribution in [-0.4, -0.2) is 17.0 Å². The summed E-state index contributed by atoms with van der Waals surface area (Å²) in [7, 11) is 0. The molecule has 1 aromatic carbocycles. The van der Waals surface area contributed by atoms with E-state index in [0.29, 0.717) is 0 Å². The van der Waals surface area contributed by atoms with Crippen molar-refractivity contribution in [3.05, 3.63) is 48.0 Å². The second-order valence-electron chi connectivity index (χ2n) is 4.31. The number of carbonyl (C=O) groups excluding carboxylic acids is 1. The quantitative estimate of drug-likeness (QED) is 0.770. The second kappa shape index (κ2) is 4.62. The Balaban J connectivity index is 2.33. The minimum absolute atomic E-state index is 0.0608. The maximum atomic E-state index is 11.6. The molecule has 0 heterocycles. The number of benzene rings is 1. The van der Waals surface area contributed by atoms with E-state index in [4.69, 9.17) is 0 Å². The van der Waals surface area contributed by atoms with Crippen molar-refractivity contribution >= 4 is 5.78 Å². The Bertz CT molecular complexity index is 394. The predicted octanol–water partition coefficient (Wildman–Crippen LogP) is 2.30. The maximum absolute atomic E-state index is 11.6. The third-order valence-corrected chi connectivity index (χ3v) is 3.22. The number of aliphatic hydroxyl groups excluding tert-OH is 1. The van der Waals surface area contributed by atoms with Gasteiger partial charge in [0.15, 0.2) is 0 Å². The molecule has 2 heteroatoms. The molecule has 1 N–H and O–H groups in total. The van der Waals surface area contributed by atoms with Crippen molar-refractivity contribution in [1.82, 2.24) is 0 Å². The van der Waals surface area contributed by atoms with Crippen LogP contribution in [0.3, 0.4) is 0 Å². The van der Waals surface area contributed by atoms with Crippen LogP contribution in [0, 0.1) is 5.92 Å². The van der Waals surface area contributed by atoms with Crippen LogP contribution in [0.15, 0.2) is 42.5 Å². The molecule has 1 aliphatic carbocycles. The number of rotatable bonds is 2. The van der Waals surface area contributed by atoms with Crippen molar-refractivity contribution in [2.24, 2.45) is 5.92 Å². The van der Waals surface area contributed by atoms with Gasteiger partial charge in [-0.25, -0.2) is 0 Å². The van der Waals surface area contributed by atoms with E-state index in [2.05, 4.69) is 0 Å². The van der Waals surface area contributed by atoms with Gasteiger partial charge in [-0.15, -0.1) is 0 Å². The molecule has 0 radical (unpaired) electrons. The fraction of sp³-hybridized carbons (Fsp3) is 0.357. The normalized spacial score (nSPS) is 29.0. The van der Waals surface area contributed by atoms with Gasteiger partial charge < -0.3 is 5.11 Å². The molecule has 0 fully saturated rings. The number of ketones is 1. The van der Waals surface area contributed by atoms with Crippen molar-refractivity contribution in [3.8, 4) is 0 Å². The van der Waals surface area contributed by atoms with Gasteiger partial charge in [0.05, 0.1) is 12.0 Å². The van der Waals surface area contributed by atoms with Crippen LogP contribution in [0.1, 0.15) is 24.8 Å². The summed E-state index contributed by atoms with van der Waals surface area (Å²) in [5, 5.41) is 9.86. The summed E-state index contributed by atoms with van der Waals surface area (Å²) in [4.78, 5) is 11.6. The molecule has 0 spiro atoms. The topological polar surface area (TPSA) is 37.3 Å². The lowest BCUT2D eigenvalue weighted by Crippen LogP contribution is -2.33. The van der Waals surface area contributed by atoms with E-state index in [1.165, 1.54) is 0 Å². The molecule has 16 heavy (non-hydrogen) atoms. The smallest absolute Gasteiger partial charge is 0.136 e. The minimum atomic E-state index is -0.642. The molecule has 0 saturated heterocycles. The lowest BCUT2D eigenvalue weighted by atomic mass is 9.75. The maximum Gasteiger partial charge on any atom is 0.136 e. The molecule has 0 amide bonds. The highest BCUT2D eigenvalue weighted by Crippen LogP contribution is 2.35. The Morgan fingerprint density at radius 1 is 1.31 bits per heavy atom. The van der Waals surface area contributed by atoms with E-state index in [1.807, 2.05) is 36.4 Å². The Morgan fingerprint density at radius 3 is 2.62 bits per heavy atom. The Kier molecular flexibility index (Phi) is 3.20. The summed E-state index contributed by atoms with van der Waals surface area (Å²) in [5.41, 5.74) is 1.13. The number of hydrogen-bond donors (Lipinski definition) is 1. The monoisotopic (exact) mass is 216 g/mol. The molecule has 1 aromatic rings. The van der Waals surface area contributed by atoms with E-state index in [-0.39, 0.29) is 17.6 Å². The molecule has 0 aliphatic heterocycles. The summed E-state index contributed by atoms with van der Waals surface area (Å²) in [6, 6.07) is 9.94. The van der Waals surface area contributed by atoms with Gasteiger partial charge in [-0.2, -0.15) is 0 Å². The van der Waals surface area contributed by atoms with Crippen LogP contribution in [0.25, 0.3) is 0 Å². The molecule has 0 bridgehead atoms. The zero-order valence-corrected chi connectivity index (χ0v) is 9.34. The second-order valence-corrected chi connectivity index (χ2v) is 4.31. The van der Waals surface area contributed by atoms with Crippen LogP contribution >= 0.6 is 0 Å². The SMILES string of the molecule is CC(=O)[C@@H]1[C@@H](c2ccccc2)CC=C[C@@H]1O. The van der Waals surface area contributed by atoms with Crippen molar-refractivity contribution in [1.29, 1.82) is 0 Å². The van der Waals surface area contributed by atoms with E-state index < -0.39 is 6.10 Å². The van der Waals surface area contributed by atoms with Crippen LogP contribution in [-0.2, 0) is 4.79 Å². The molecule has 2 rings (SSSR count). The van der Waals surface area contributed by atoms with Crippen LogP contribution < -0.4 is 0 Å². The first kappa shape index (κ1) is 11.1. The summed E-state index contributed by atoms with van der Waals surface area (Å²) >= 11 is 0. The number of hydrogen-bond acceptors (Lipinski definition) is 2. The predicted molar refractivity (Wildman–Crippen MR) is 63.1 cm³/mol. The number of aliphatic hydroxyl groups is 1. The van der Waals surface area contributed by atoms with Crippen LogP contribution in [0.4, 0.5) is 0 Å². The lowest BCUT2D eigenvalue weighted by molar-refractivity contribution is -0.124. The summed E-state index contributed by atoms with van der Waals surface area (Å²) in [6.07, 6.45) is 3.87. The molecule has 0 unspecified atom stereocenters. The Labute approximate surface area is 95.6 Å². The summed E-state index contributed by atoms with van der Waals surface area (Å²) in [6.45, 7) is 1.56. The first-order valence-electron chi connectivity index (χ1n) is 5.60. The first-order valence-corrected chi connectivity index (χ1v) is 5.60. The van der Waals surface area contributed by atoms with Crippen LogP contribution in [0.5, 0.6) is 0 Å². The molecule has 0 aromatic heterocycles. The molecule has 84 valence electrons. The average molecular weight is 216 g/mol. The molecule has 3 atom stereocenters. The third kappa shape index (κ3) is 2.07. The summed E-state index contributed by atoms with van der Waals surface area (Å²) in [5.74, 6) is -0.128. The fourth-order valence-electron chi connectivity index (χ4n) is 2.44. The fourth-order valence-corrected chi connectivity index (χ4v) is 2.44. The van der Waals surface area contributed by atoms with Crippen LogP contribution in [0.2, 0.25) is 0 Å². The van der Waals surface area contributed by atoms with Gasteiger partial charge in [0.2, 0.25) is 0 Å². The Morgan fingerprint density at radius 2 is 2.00 bits per heavy atom. The minimum Gasteiger partial charge on any atom is -0.388 e. The highest BCUT2D eigenvalue weighted by atomic mass is 16.3. The first-order chi connectivity index (χ1) is 7.70. The number of carbonyl (C=O) groups is 1. The summed E-state index contributed by atoms with van der Waals surface area (Å²) < 4.78 is 0. The third-order valence-electron chi connectivity index (χ3n) is 3.22. The van der Waals surface area contributed by atoms with Gasteiger partial charge in [-0.1, -0.05) is 42.5 Å². The Hall–Kier alpha value is -1.41. The van der Waals surface area contributed by atoms with Gasteiger partial charge in [0.1, 0.15) is 5.78 Å². The van der Waals surface area contributed by atoms with Crippen molar-refractivity contribution in [3.63, 3.8) is 0 Å². The van der Waals surface area contributed by atoms with Crippen molar-refractivity contribution in [2.45, 2.75) is 25.4 Å². The van der Waals surface area contributed by atoms with E-state index >= 15 is 0 Å². The standard InChI is InChI=1S/C14H16O2/c1-10(15)14-12(8-5-9-13(14)16)11-6-3-2-4-7-11/h2-7,9,12-14,16H,8H2,1H3/t12-,13+,14-/m1/s1. The zero-order chi connectivity index (χ0) is 11.5. The van der Waals surface area contributed by atoms with E-state index in [0.717, 1.165) is 12.0 Å². The molecule has 1 aliphatic rings. The zero-order valence-electron chi connectivity index (χ0n) is 9.34. The highest BCUT2D eigenvalue weighted by molar-refractivity contribution is 5.80. The molecule has 2 nitrogen and oxygen atoms in total. The van der Waals surface area contributed by atoms with Gasteiger partial charge in [0, 0.05) is 0 Å². The molecular formula is C14H16O2.